The largest absolute Gasteiger partial charge is 0.396 e. The Kier molecular flexibility index (Phi) is 8.35. The van der Waals surface area contributed by atoms with Crippen LogP contribution in [0.15, 0.2) is 0 Å². The van der Waals surface area contributed by atoms with E-state index in [0.29, 0.717) is 25.3 Å². The molecular formula is C21H42N6O3. The first-order valence-corrected chi connectivity index (χ1v) is 11.9. The van der Waals surface area contributed by atoms with Crippen molar-refractivity contribution in [2.24, 2.45) is 0 Å². The molecule has 0 radical (unpaired) electrons. The SMILES string of the molecule is OC1CN2CCN1CC2.OCC1CN2CCN1CC2.OCCC1CN2CCN1CC2. The zero-order valence-corrected chi connectivity index (χ0v) is 18.5. The summed E-state index contributed by atoms with van der Waals surface area (Å²) in [6, 6.07) is 1.07. The minimum absolute atomic E-state index is 0.174. The molecule has 9 nitrogen and oxygen atoms in total. The maximum atomic E-state index is 9.28. The van der Waals surface area contributed by atoms with Gasteiger partial charge in [-0.15, -0.1) is 0 Å². The number of aliphatic hydroxyl groups excluding tert-OH is 3. The van der Waals surface area contributed by atoms with Crippen molar-refractivity contribution < 1.29 is 15.3 Å². The van der Waals surface area contributed by atoms with E-state index < -0.39 is 0 Å². The molecule has 30 heavy (non-hydrogen) atoms. The minimum Gasteiger partial charge on any atom is -0.396 e. The van der Waals surface area contributed by atoms with Gasteiger partial charge in [-0.3, -0.25) is 29.4 Å². The molecule has 6 bridgehead atoms. The van der Waals surface area contributed by atoms with Crippen LogP contribution in [-0.2, 0) is 0 Å². The molecule has 0 saturated carbocycles. The molecule has 0 aromatic carbocycles. The lowest BCUT2D eigenvalue weighted by Crippen LogP contribution is -2.61. The van der Waals surface area contributed by atoms with Gasteiger partial charge in [0.15, 0.2) is 0 Å². The van der Waals surface area contributed by atoms with Crippen LogP contribution in [0.25, 0.3) is 0 Å². The van der Waals surface area contributed by atoms with Crippen molar-refractivity contribution in [2.45, 2.75) is 24.7 Å². The van der Waals surface area contributed by atoms with Gasteiger partial charge >= 0.3 is 0 Å². The van der Waals surface area contributed by atoms with Crippen molar-refractivity contribution in [3.8, 4) is 0 Å². The zero-order chi connectivity index (χ0) is 20.9. The number of nitrogens with zero attached hydrogens (tertiary/aromatic N) is 6. The highest BCUT2D eigenvalue weighted by Gasteiger charge is 2.32. The maximum Gasteiger partial charge on any atom is 0.120 e. The Morgan fingerprint density at radius 3 is 1.20 bits per heavy atom. The summed E-state index contributed by atoms with van der Waals surface area (Å²) in [7, 11) is 0. The second kappa shape index (κ2) is 11.0. The van der Waals surface area contributed by atoms with Crippen molar-refractivity contribution >= 4 is 0 Å². The number of fused-ring (bicyclic) bond motifs is 9. The van der Waals surface area contributed by atoms with E-state index in [4.69, 9.17) is 10.2 Å². The Morgan fingerprint density at radius 2 is 0.967 bits per heavy atom. The van der Waals surface area contributed by atoms with E-state index in [-0.39, 0.29) is 6.23 Å². The first kappa shape index (κ1) is 22.8. The average molecular weight is 427 g/mol. The molecule has 0 aliphatic carbocycles. The Labute approximate surface area is 181 Å². The van der Waals surface area contributed by atoms with E-state index in [2.05, 4.69) is 29.4 Å². The van der Waals surface area contributed by atoms with Gasteiger partial charge in [-0.05, 0) is 6.42 Å². The van der Waals surface area contributed by atoms with Crippen LogP contribution in [0.3, 0.4) is 0 Å². The lowest BCUT2D eigenvalue weighted by Gasteiger charge is -2.47. The van der Waals surface area contributed by atoms with Gasteiger partial charge in [0.05, 0.1) is 6.61 Å². The van der Waals surface area contributed by atoms with Gasteiger partial charge in [0, 0.05) is 117 Å². The summed E-state index contributed by atoms with van der Waals surface area (Å²) in [5.74, 6) is 0. The molecule has 0 aromatic rings. The highest BCUT2D eigenvalue weighted by molar-refractivity contribution is 4.88. The van der Waals surface area contributed by atoms with Gasteiger partial charge < -0.3 is 15.3 Å². The molecule has 9 rings (SSSR count). The molecule has 9 aliphatic heterocycles. The summed E-state index contributed by atoms with van der Waals surface area (Å²) in [6.45, 7) is 17.8. The second-order valence-corrected chi connectivity index (χ2v) is 9.49. The fourth-order valence-corrected chi connectivity index (χ4v) is 5.64. The lowest BCUT2D eigenvalue weighted by molar-refractivity contribution is -0.0939. The van der Waals surface area contributed by atoms with Crippen molar-refractivity contribution in [1.29, 1.82) is 0 Å². The van der Waals surface area contributed by atoms with Gasteiger partial charge in [0.1, 0.15) is 6.23 Å². The molecule has 3 atom stereocenters. The number of aliphatic hydroxyl groups is 3. The Morgan fingerprint density at radius 1 is 0.533 bits per heavy atom. The highest BCUT2D eigenvalue weighted by atomic mass is 16.3. The van der Waals surface area contributed by atoms with E-state index in [1.54, 1.807) is 0 Å². The summed E-state index contributed by atoms with van der Waals surface area (Å²) in [4.78, 5) is 14.3. The molecule has 9 aliphatic rings. The van der Waals surface area contributed by atoms with Gasteiger partial charge in [-0.25, -0.2) is 0 Å². The van der Waals surface area contributed by atoms with Gasteiger partial charge in [0.25, 0.3) is 0 Å². The third-order valence-electron chi connectivity index (χ3n) is 7.71. The number of hydrogen-bond donors (Lipinski definition) is 3. The van der Waals surface area contributed by atoms with Crippen LogP contribution in [0.2, 0.25) is 0 Å². The van der Waals surface area contributed by atoms with Crippen LogP contribution in [-0.4, -0.2) is 174 Å². The molecule has 9 heteroatoms. The predicted molar refractivity (Wildman–Crippen MR) is 116 cm³/mol. The number of hydrogen-bond acceptors (Lipinski definition) is 9. The molecule has 9 saturated heterocycles. The van der Waals surface area contributed by atoms with E-state index in [1.165, 1.54) is 45.8 Å². The first-order valence-electron chi connectivity index (χ1n) is 11.9. The normalized spacial score (nSPS) is 45.9. The third kappa shape index (κ3) is 5.70. The summed E-state index contributed by atoms with van der Waals surface area (Å²) in [5, 5.41) is 27.0. The second-order valence-electron chi connectivity index (χ2n) is 9.49. The number of rotatable bonds is 3. The molecule has 174 valence electrons. The molecule has 9 fully saturated rings. The van der Waals surface area contributed by atoms with Crippen LogP contribution in [0.4, 0.5) is 0 Å². The van der Waals surface area contributed by atoms with E-state index in [0.717, 1.165) is 58.8 Å². The van der Waals surface area contributed by atoms with Crippen LogP contribution in [0.1, 0.15) is 6.42 Å². The Balaban J connectivity index is 0.000000109. The summed E-state index contributed by atoms with van der Waals surface area (Å²) in [6.07, 6.45) is 0.781. The molecule has 9 heterocycles. The maximum absolute atomic E-state index is 9.28. The van der Waals surface area contributed by atoms with Crippen LogP contribution in [0, 0.1) is 0 Å². The standard InChI is InChI=1S/C8H16N2O.C7H14N2O.C6H12N2O/c11-6-1-8-7-9-2-4-10(8)5-3-9;10-6-7-5-8-1-3-9(7)4-2-8;9-6-5-7-1-3-8(6)4-2-7/h8,11H,1-7H2;7,10H,1-6H2;6,9H,1-5H2. The lowest BCUT2D eigenvalue weighted by atomic mass is 10.1. The first-order chi connectivity index (χ1) is 14.7. The predicted octanol–water partition coefficient (Wildman–Crippen LogP) is -2.72. The average Bonchev–Trinajstić information content (AvgIpc) is 2.82. The zero-order valence-electron chi connectivity index (χ0n) is 18.5. The van der Waals surface area contributed by atoms with Crippen molar-refractivity contribution in [2.75, 3.05) is 111 Å². The van der Waals surface area contributed by atoms with Gasteiger partial charge in [-0.2, -0.15) is 0 Å². The molecule has 3 N–H and O–H groups in total. The Bertz CT molecular complexity index is 505. The monoisotopic (exact) mass is 426 g/mol. The highest BCUT2D eigenvalue weighted by Crippen LogP contribution is 2.17. The van der Waals surface area contributed by atoms with Crippen LogP contribution >= 0.6 is 0 Å². The molecule has 0 spiro atoms. The van der Waals surface area contributed by atoms with Gasteiger partial charge in [0.2, 0.25) is 0 Å². The number of piperazine rings is 9. The summed E-state index contributed by atoms with van der Waals surface area (Å²) < 4.78 is 0. The van der Waals surface area contributed by atoms with E-state index in [9.17, 15) is 5.11 Å². The minimum atomic E-state index is -0.174. The van der Waals surface area contributed by atoms with Crippen molar-refractivity contribution in [1.82, 2.24) is 29.4 Å². The molecule has 0 aromatic heterocycles. The smallest absolute Gasteiger partial charge is 0.120 e. The summed E-state index contributed by atoms with van der Waals surface area (Å²) >= 11 is 0. The van der Waals surface area contributed by atoms with Crippen LogP contribution < -0.4 is 0 Å². The quantitative estimate of drug-likeness (QED) is 0.446. The van der Waals surface area contributed by atoms with Crippen molar-refractivity contribution in [3.63, 3.8) is 0 Å². The third-order valence-corrected chi connectivity index (χ3v) is 7.71. The topological polar surface area (TPSA) is 80.1 Å². The van der Waals surface area contributed by atoms with E-state index >= 15 is 0 Å². The summed E-state index contributed by atoms with van der Waals surface area (Å²) in [5.41, 5.74) is 0. The Hall–Kier alpha value is -0.360. The molecular weight excluding hydrogens is 384 g/mol. The molecule has 0 amide bonds. The van der Waals surface area contributed by atoms with Gasteiger partial charge in [-0.1, -0.05) is 0 Å². The molecule has 3 unspecified atom stereocenters. The van der Waals surface area contributed by atoms with Crippen molar-refractivity contribution in [3.05, 3.63) is 0 Å². The van der Waals surface area contributed by atoms with Crippen LogP contribution in [0.5, 0.6) is 0 Å². The van der Waals surface area contributed by atoms with E-state index in [1.807, 2.05) is 0 Å². The fourth-order valence-electron chi connectivity index (χ4n) is 5.64. The fraction of sp³-hybridized carbons (Fsp3) is 1.00.